The summed E-state index contributed by atoms with van der Waals surface area (Å²) in [5.74, 6) is 0. The van der Waals surface area contributed by atoms with E-state index in [1.807, 2.05) is 0 Å². The van der Waals surface area contributed by atoms with E-state index in [0.29, 0.717) is 16.7 Å². The summed E-state index contributed by atoms with van der Waals surface area (Å²) in [4.78, 5) is 21.9. The van der Waals surface area contributed by atoms with Crippen molar-refractivity contribution in [1.29, 1.82) is 0 Å². The van der Waals surface area contributed by atoms with Crippen LogP contribution in [0.1, 0.15) is 18.5 Å². The topological polar surface area (TPSA) is 52.9 Å². The molecule has 2 aliphatic heterocycles. The molecule has 0 atom stereocenters. The third-order valence-corrected chi connectivity index (χ3v) is 5.51. The van der Waals surface area contributed by atoms with Gasteiger partial charge < -0.3 is 5.32 Å². The lowest BCUT2D eigenvalue weighted by Crippen LogP contribution is -2.51. The monoisotopic (exact) mass is 361 g/mol. The summed E-state index contributed by atoms with van der Waals surface area (Å²) in [6, 6.07) is 5.90. The van der Waals surface area contributed by atoms with Crippen molar-refractivity contribution in [3.8, 4) is 0 Å². The fourth-order valence-corrected chi connectivity index (χ4v) is 4.09. The highest BCUT2D eigenvalue weighted by Gasteiger charge is 2.25. The van der Waals surface area contributed by atoms with Crippen molar-refractivity contribution in [3.63, 3.8) is 0 Å². The summed E-state index contributed by atoms with van der Waals surface area (Å²) in [5.41, 5.74) is 1.42. The average molecular weight is 362 g/mol. The summed E-state index contributed by atoms with van der Waals surface area (Å²) in [6.07, 6.45) is 4.01. The van der Waals surface area contributed by atoms with Crippen molar-refractivity contribution in [3.05, 3.63) is 45.5 Å². The SMILES string of the molecule is O=c1cc(CN2CCC(N3CCNCC3)CC2)nc2ccc(Cl)cn12. The van der Waals surface area contributed by atoms with Gasteiger partial charge in [-0.3, -0.25) is 19.0 Å². The van der Waals surface area contributed by atoms with Crippen molar-refractivity contribution in [2.45, 2.75) is 25.4 Å². The van der Waals surface area contributed by atoms with E-state index < -0.39 is 0 Å². The van der Waals surface area contributed by atoms with E-state index in [-0.39, 0.29) is 5.56 Å². The molecular formula is C18H24ClN5O. The summed E-state index contributed by atoms with van der Waals surface area (Å²) in [5, 5.41) is 3.96. The molecule has 0 aliphatic carbocycles. The Bertz CT molecular complexity index is 794. The Kier molecular flexibility index (Phi) is 5.03. The number of nitrogens with one attached hydrogen (secondary N) is 1. The second-order valence-electron chi connectivity index (χ2n) is 6.95. The minimum absolute atomic E-state index is 0.0711. The zero-order valence-corrected chi connectivity index (χ0v) is 15.1. The zero-order chi connectivity index (χ0) is 17.2. The number of likely N-dealkylation sites (tertiary alicyclic amines) is 1. The number of aromatic nitrogens is 2. The van der Waals surface area contributed by atoms with Crippen LogP contribution >= 0.6 is 11.6 Å². The highest BCUT2D eigenvalue weighted by atomic mass is 35.5. The molecule has 0 bridgehead atoms. The maximum atomic E-state index is 12.3. The molecule has 134 valence electrons. The van der Waals surface area contributed by atoms with E-state index in [1.54, 1.807) is 24.4 Å². The van der Waals surface area contributed by atoms with Gasteiger partial charge in [-0.2, -0.15) is 0 Å². The molecule has 0 saturated carbocycles. The van der Waals surface area contributed by atoms with Gasteiger partial charge in [0.05, 0.1) is 10.7 Å². The molecule has 0 aromatic carbocycles. The molecule has 4 rings (SSSR count). The van der Waals surface area contributed by atoms with Crippen LogP contribution in [-0.2, 0) is 6.54 Å². The first-order valence-corrected chi connectivity index (χ1v) is 9.42. The molecule has 0 radical (unpaired) electrons. The molecule has 0 spiro atoms. The number of hydrogen-bond donors (Lipinski definition) is 1. The van der Waals surface area contributed by atoms with E-state index in [1.165, 1.54) is 17.2 Å². The number of halogens is 1. The maximum absolute atomic E-state index is 12.3. The fourth-order valence-electron chi connectivity index (χ4n) is 3.93. The normalized spacial score (nSPS) is 21.0. The van der Waals surface area contributed by atoms with Crippen LogP contribution in [0.2, 0.25) is 5.02 Å². The molecule has 6 nitrogen and oxygen atoms in total. The predicted molar refractivity (Wildman–Crippen MR) is 99.2 cm³/mol. The summed E-state index contributed by atoms with van der Waals surface area (Å²) >= 11 is 5.96. The molecule has 2 aliphatic rings. The number of rotatable bonds is 3. The van der Waals surface area contributed by atoms with Gasteiger partial charge in [-0.25, -0.2) is 4.98 Å². The number of nitrogens with zero attached hydrogens (tertiary/aromatic N) is 4. The molecule has 2 aromatic rings. The lowest BCUT2D eigenvalue weighted by atomic mass is 10.0. The molecular weight excluding hydrogens is 338 g/mol. The van der Waals surface area contributed by atoms with Crippen LogP contribution < -0.4 is 10.9 Å². The highest BCUT2D eigenvalue weighted by molar-refractivity contribution is 6.30. The Balaban J connectivity index is 1.40. The third kappa shape index (κ3) is 3.87. The maximum Gasteiger partial charge on any atom is 0.258 e. The minimum Gasteiger partial charge on any atom is -0.314 e. The summed E-state index contributed by atoms with van der Waals surface area (Å²) < 4.78 is 1.50. The number of fused-ring (bicyclic) bond motifs is 1. The average Bonchev–Trinajstić information content (AvgIpc) is 2.64. The van der Waals surface area contributed by atoms with Crippen LogP contribution in [0.4, 0.5) is 0 Å². The molecule has 7 heteroatoms. The van der Waals surface area contributed by atoms with Crippen molar-refractivity contribution in [2.24, 2.45) is 0 Å². The zero-order valence-electron chi connectivity index (χ0n) is 14.3. The summed E-state index contributed by atoms with van der Waals surface area (Å²) in [7, 11) is 0. The van der Waals surface area contributed by atoms with Gasteiger partial charge in [-0.1, -0.05) is 11.6 Å². The molecule has 2 fully saturated rings. The van der Waals surface area contributed by atoms with E-state index >= 15 is 0 Å². The predicted octanol–water partition coefficient (Wildman–Crippen LogP) is 1.22. The Hall–Kier alpha value is -1.47. The molecule has 2 saturated heterocycles. The van der Waals surface area contributed by atoms with E-state index in [4.69, 9.17) is 11.6 Å². The van der Waals surface area contributed by atoms with Crippen molar-refractivity contribution >= 4 is 17.2 Å². The molecule has 1 N–H and O–H groups in total. The van der Waals surface area contributed by atoms with E-state index in [0.717, 1.165) is 51.5 Å². The lowest BCUT2D eigenvalue weighted by Gasteiger charge is -2.40. The van der Waals surface area contributed by atoms with Crippen molar-refractivity contribution in [2.75, 3.05) is 39.3 Å². The number of pyridine rings is 1. The first-order chi connectivity index (χ1) is 12.2. The van der Waals surface area contributed by atoms with Gasteiger partial charge in [0, 0.05) is 64.1 Å². The van der Waals surface area contributed by atoms with Gasteiger partial charge in [0.25, 0.3) is 5.56 Å². The van der Waals surface area contributed by atoms with Gasteiger partial charge in [-0.05, 0) is 25.0 Å². The van der Waals surface area contributed by atoms with Crippen LogP contribution in [0.25, 0.3) is 5.65 Å². The van der Waals surface area contributed by atoms with Crippen molar-refractivity contribution in [1.82, 2.24) is 24.5 Å². The van der Waals surface area contributed by atoms with Gasteiger partial charge in [-0.15, -0.1) is 0 Å². The van der Waals surface area contributed by atoms with Gasteiger partial charge in [0.2, 0.25) is 0 Å². The van der Waals surface area contributed by atoms with Gasteiger partial charge in [0.15, 0.2) is 0 Å². The molecule has 25 heavy (non-hydrogen) atoms. The first-order valence-electron chi connectivity index (χ1n) is 9.04. The number of hydrogen-bond acceptors (Lipinski definition) is 5. The largest absolute Gasteiger partial charge is 0.314 e. The second-order valence-corrected chi connectivity index (χ2v) is 7.39. The molecule has 0 unspecified atom stereocenters. The van der Waals surface area contributed by atoms with Gasteiger partial charge >= 0.3 is 0 Å². The summed E-state index contributed by atoms with van der Waals surface area (Å²) in [6.45, 7) is 7.41. The minimum atomic E-state index is -0.0711. The number of piperazine rings is 1. The quantitative estimate of drug-likeness (QED) is 0.890. The Morgan fingerprint density at radius 3 is 2.68 bits per heavy atom. The van der Waals surface area contributed by atoms with E-state index in [9.17, 15) is 4.79 Å². The van der Waals surface area contributed by atoms with Gasteiger partial charge in [0.1, 0.15) is 5.65 Å². The lowest BCUT2D eigenvalue weighted by molar-refractivity contribution is 0.0942. The molecule has 0 amide bonds. The van der Waals surface area contributed by atoms with E-state index in [2.05, 4.69) is 20.1 Å². The Labute approximate surface area is 152 Å². The van der Waals surface area contributed by atoms with Crippen LogP contribution in [0, 0.1) is 0 Å². The first kappa shape index (κ1) is 17.0. The van der Waals surface area contributed by atoms with Crippen LogP contribution in [0.15, 0.2) is 29.2 Å². The second kappa shape index (κ2) is 7.41. The van der Waals surface area contributed by atoms with Crippen LogP contribution in [0.5, 0.6) is 0 Å². The smallest absolute Gasteiger partial charge is 0.258 e. The highest BCUT2D eigenvalue weighted by Crippen LogP contribution is 2.18. The number of piperidine rings is 1. The Morgan fingerprint density at radius 2 is 1.92 bits per heavy atom. The van der Waals surface area contributed by atoms with Crippen LogP contribution in [0.3, 0.4) is 0 Å². The van der Waals surface area contributed by atoms with Crippen LogP contribution in [-0.4, -0.2) is 64.5 Å². The molecule has 2 aromatic heterocycles. The fraction of sp³-hybridized carbons (Fsp3) is 0.556. The van der Waals surface area contributed by atoms with Crippen molar-refractivity contribution < 1.29 is 0 Å². The Morgan fingerprint density at radius 1 is 1.16 bits per heavy atom. The standard InChI is InChI=1S/C18H24ClN5O/c19-14-1-2-17-21-15(11-18(25)24(17)12-14)13-22-7-3-16(4-8-22)23-9-5-20-6-10-23/h1-2,11-12,16,20H,3-10,13H2. The molecule has 4 heterocycles. The third-order valence-electron chi connectivity index (χ3n) is 5.29.